The van der Waals surface area contributed by atoms with Crippen molar-refractivity contribution in [2.75, 3.05) is 13.7 Å². The van der Waals surface area contributed by atoms with Crippen LogP contribution in [-0.2, 0) is 6.54 Å². The van der Waals surface area contributed by atoms with Gasteiger partial charge in [0.2, 0.25) is 0 Å². The lowest BCUT2D eigenvalue weighted by Crippen LogP contribution is -2.24. The Morgan fingerprint density at radius 3 is 2.52 bits per heavy atom. The van der Waals surface area contributed by atoms with Gasteiger partial charge in [-0.2, -0.15) is 0 Å². The van der Waals surface area contributed by atoms with E-state index in [1.165, 1.54) is 0 Å². The summed E-state index contributed by atoms with van der Waals surface area (Å²) in [6.45, 7) is 0.839. The standard InChI is InChI=1S/C24H20Cl2N2O3/c1-30-18-10-7-16(8-11-18)23-27-21-6-3-2-5-19(21)24(29)28(23)13-4-14-31-22-12-9-17(25)15-20(22)26/h2-3,5-12,15H,4,13-14H2,1H3. The zero-order chi connectivity index (χ0) is 21.8. The molecule has 0 unspecified atom stereocenters. The van der Waals surface area contributed by atoms with E-state index in [1.807, 2.05) is 42.5 Å². The third kappa shape index (κ3) is 4.68. The van der Waals surface area contributed by atoms with Gasteiger partial charge in [-0.3, -0.25) is 9.36 Å². The molecule has 0 saturated heterocycles. The van der Waals surface area contributed by atoms with Gasteiger partial charge in [0.15, 0.2) is 0 Å². The molecule has 0 aliphatic carbocycles. The van der Waals surface area contributed by atoms with E-state index in [9.17, 15) is 4.79 Å². The molecule has 0 spiro atoms. The first kappa shape index (κ1) is 21.2. The van der Waals surface area contributed by atoms with E-state index in [1.54, 1.807) is 35.9 Å². The number of benzene rings is 3. The Hall–Kier alpha value is -3.02. The van der Waals surface area contributed by atoms with Gasteiger partial charge in [0, 0.05) is 17.1 Å². The normalized spacial score (nSPS) is 10.9. The van der Waals surface area contributed by atoms with Crippen molar-refractivity contribution in [3.8, 4) is 22.9 Å². The van der Waals surface area contributed by atoms with Crippen LogP contribution in [0, 0.1) is 0 Å². The number of methoxy groups -OCH3 is 1. The van der Waals surface area contributed by atoms with Gasteiger partial charge < -0.3 is 9.47 Å². The second-order valence-electron chi connectivity index (χ2n) is 6.91. The van der Waals surface area contributed by atoms with Gasteiger partial charge >= 0.3 is 0 Å². The van der Waals surface area contributed by atoms with Gasteiger partial charge in [-0.1, -0.05) is 35.3 Å². The molecule has 7 heteroatoms. The van der Waals surface area contributed by atoms with Crippen molar-refractivity contribution < 1.29 is 9.47 Å². The van der Waals surface area contributed by atoms with E-state index in [4.69, 9.17) is 37.7 Å². The van der Waals surface area contributed by atoms with Crippen LogP contribution in [0.15, 0.2) is 71.5 Å². The van der Waals surface area contributed by atoms with Gasteiger partial charge in [-0.05, 0) is 61.0 Å². The van der Waals surface area contributed by atoms with E-state index in [0.717, 1.165) is 11.3 Å². The third-order valence-corrected chi connectivity index (χ3v) is 5.42. The minimum absolute atomic E-state index is 0.0825. The van der Waals surface area contributed by atoms with Crippen molar-refractivity contribution in [3.63, 3.8) is 0 Å². The molecule has 0 fully saturated rings. The average molecular weight is 455 g/mol. The van der Waals surface area contributed by atoms with Crippen LogP contribution in [-0.4, -0.2) is 23.3 Å². The van der Waals surface area contributed by atoms with Gasteiger partial charge in [-0.15, -0.1) is 0 Å². The van der Waals surface area contributed by atoms with E-state index in [2.05, 4.69) is 0 Å². The van der Waals surface area contributed by atoms with Crippen molar-refractivity contribution in [3.05, 3.63) is 87.1 Å². The summed E-state index contributed by atoms with van der Waals surface area (Å²) in [5.74, 6) is 1.91. The lowest BCUT2D eigenvalue weighted by molar-refractivity contribution is 0.301. The van der Waals surface area contributed by atoms with Crippen molar-refractivity contribution in [2.24, 2.45) is 0 Å². The summed E-state index contributed by atoms with van der Waals surface area (Å²) in [5.41, 5.74) is 1.42. The monoisotopic (exact) mass is 454 g/mol. The van der Waals surface area contributed by atoms with E-state index in [-0.39, 0.29) is 5.56 Å². The molecule has 0 atom stereocenters. The maximum absolute atomic E-state index is 13.2. The minimum Gasteiger partial charge on any atom is -0.497 e. The van der Waals surface area contributed by atoms with Crippen LogP contribution < -0.4 is 15.0 Å². The first-order valence-electron chi connectivity index (χ1n) is 9.78. The number of fused-ring (bicyclic) bond motifs is 1. The first-order chi connectivity index (χ1) is 15.1. The summed E-state index contributed by atoms with van der Waals surface area (Å²) in [6, 6.07) is 20.0. The summed E-state index contributed by atoms with van der Waals surface area (Å²) >= 11 is 12.1. The van der Waals surface area contributed by atoms with Crippen LogP contribution >= 0.6 is 23.2 Å². The Kier molecular flexibility index (Phi) is 6.44. The molecular weight excluding hydrogens is 435 g/mol. The number of nitrogens with zero attached hydrogens (tertiary/aromatic N) is 2. The summed E-state index contributed by atoms with van der Waals surface area (Å²) in [5, 5.41) is 1.59. The highest BCUT2D eigenvalue weighted by molar-refractivity contribution is 6.35. The highest BCUT2D eigenvalue weighted by Crippen LogP contribution is 2.28. The molecule has 1 aromatic heterocycles. The number of rotatable bonds is 7. The molecule has 0 amide bonds. The first-order valence-corrected chi connectivity index (χ1v) is 10.5. The topological polar surface area (TPSA) is 53.3 Å². The SMILES string of the molecule is COc1ccc(-c2nc3ccccc3c(=O)n2CCCOc2ccc(Cl)cc2Cl)cc1. The van der Waals surface area contributed by atoms with Gasteiger partial charge in [0.05, 0.1) is 29.6 Å². The van der Waals surface area contributed by atoms with Crippen LogP contribution in [0.5, 0.6) is 11.5 Å². The Labute approximate surface area is 189 Å². The molecule has 0 N–H and O–H groups in total. The van der Waals surface area contributed by atoms with Gasteiger partial charge in [-0.25, -0.2) is 4.98 Å². The quantitative estimate of drug-likeness (QED) is 0.328. The van der Waals surface area contributed by atoms with Crippen LogP contribution in [0.2, 0.25) is 10.0 Å². The highest BCUT2D eigenvalue weighted by atomic mass is 35.5. The molecule has 4 aromatic rings. The van der Waals surface area contributed by atoms with E-state index >= 15 is 0 Å². The van der Waals surface area contributed by atoms with Crippen LogP contribution in [0.3, 0.4) is 0 Å². The lowest BCUT2D eigenvalue weighted by Gasteiger charge is -2.15. The number of aromatic nitrogens is 2. The Bertz CT molecular complexity index is 1270. The Balaban J connectivity index is 1.61. The molecule has 4 rings (SSSR count). The molecule has 1 heterocycles. The maximum Gasteiger partial charge on any atom is 0.261 e. The van der Waals surface area contributed by atoms with Gasteiger partial charge in [0.1, 0.15) is 17.3 Å². The van der Waals surface area contributed by atoms with Gasteiger partial charge in [0.25, 0.3) is 5.56 Å². The summed E-state index contributed by atoms with van der Waals surface area (Å²) < 4.78 is 12.7. The summed E-state index contributed by atoms with van der Waals surface area (Å²) in [6.07, 6.45) is 0.599. The Morgan fingerprint density at radius 2 is 1.77 bits per heavy atom. The second kappa shape index (κ2) is 9.41. The number of hydrogen-bond donors (Lipinski definition) is 0. The molecule has 5 nitrogen and oxygen atoms in total. The molecule has 0 saturated carbocycles. The smallest absolute Gasteiger partial charge is 0.261 e. The highest BCUT2D eigenvalue weighted by Gasteiger charge is 2.13. The van der Waals surface area contributed by atoms with E-state index in [0.29, 0.717) is 52.1 Å². The Morgan fingerprint density at radius 1 is 1.00 bits per heavy atom. The number of halogens is 2. The predicted molar refractivity (Wildman–Crippen MR) is 125 cm³/mol. The maximum atomic E-state index is 13.2. The predicted octanol–water partition coefficient (Wildman–Crippen LogP) is 5.85. The van der Waals surface area contributed by atoms with Crippen LogP contribution in [0.25, 0.3) is 22.3 Å². The number of para-hydroxylation sites is 1. The molecule has 0 aliphatic rings. The average Bonchev–Trinajstić information content (AvgIpc) is 2.79. The van der Waals surface area contributed by atoms with Crippen molar-refractivity contribution in [2.45, 2.75) is 13.0 Å². The molecule has 0 radical (unpaired) electrons. The second-order valence-corrected chi connectivity index (χ2v) is 7.76. The molecule has 31 heavy (non-hydrogen) atoms. The molecule has 0 bridgehead atoms. The fraction of sp³-hybridized carbons (Fsp3) is 0.167. The lowest BCUT2D eigenvalue weighted by atomic mass is 10.1. The van der Waals surface area contributed by atoms with Crippen molar-refractivity contribution in [1.29, 1.82) is 0 Å². The molecular formula is C24H20Cl2N2O3. The summed E-state index contributed by atoms with van der Waals surface area (Å²) in [4.78, 5) is 18.0. The zero-order valence-electron chi connectivity index (χ0n) is 16.8. The number of hydrogen-bond acceptors (Lipinski definition) is 4. The largest absolute Gasteiger partial charge is 0.497 e. The molecule has 3 aromatic carbocycles. The molecule has 0 aliphatic heterocycles. The fourth-order valence-corrected chi connectivity index (χ4v) is 3.80. The van der Waals surface area contributed by atoms with Crippen molar-refractivity contribution in [1.82, 2.24) is 9.55 Å². The number of ether oxygens (including phenoxy) is 2. The third-order valence-electron chi connectivity index (χ3n) is 4.89. The summed E-state index contributed by atoms with van der Waals surface area (Å²) in [7, 11) is 1.62. The zero-order valence-corrected chi connectivity index (χ0v) is 18.4. The fourth-order valence-electron chi connectivity index (χ4n) is 3.33. The van der Waals surface area contributed by atoms with E-state index < -0.39 is 0 Å². The van der Waals surface area contributed by atoms with Crippen LogP contribution in [0.1, 0.15) is 6.42 Å². The molecule has 158 valence electrons. The van der Waals surface area contributed by atoms with Crippen molar-refractivity contribution >= 4 is 34.1 Å². The minimum atomic E-state index is -0.0825. The van der Waals surface area contributed by atoms with Crippen LogP contribution in [0.4, 0.5) is 0 Å².